The monoisotopic (exact) mass is 284 g/mol. The Morgan fingerprint density at radius 3 is 1.67 bits per heavy atom. The topological polar surface area (TPSA) is 75.7 Å². The zero-order chi connectivity index (χ0) is 15.7. The van der Waals surface area contributed by atoms with Crippen LogP contribution in [0.5, 0.6) is 5.75 Å². The van der Waals surface area contributed by atoms with Crippen molar-refractivity contribution >= 4 is 5.69 Å². The number of aryl methyl sites for hydroxylation is 4. The molecule has 2 aromatic rings. The van der Waals surface area contributed by atoms with Crippen molar-refractivity contribution < 1.29 is 5.11 Å². The first kappa shape index (κ1) is 15.2. The van der Waals surface area contributed by atoms with Gasteiger partial charge in [0.15, 0.2) is 0 Å². The van der Waals surface area contributed by atoms with Gasteiger partial charge in [0.25, 0.3) is 0 Å². The van der Waals surface area contributed by atoms with E-state index in [1.165, 1.54) is 0 Å². The third-order valence-electron chi connectivity index (χ3n) is 3.84. The molecule has 0 spiro atoms. The molecule has 1 unspecified atom stereocenters. The first-order chi connectivity index (χ1) is 9.85. The van der Waals surface area contributed by atoms with Gasteiger partial charge < -0.3 is 10.8 Å². The van der Waals surface area contributed by atoms with Crippen LogP contribution >= 0.6 is 0 Å². The van der Waals surface area contributed by atoms with Crippen molar-refractivity contribution in [2.24, 2.45) is 10.9 Å². The van der Waals surface area contributed by atoms with Crippen molar-refractivity contribution in [3.05, 3.63) is 62.6 Å². The number of hydrogen-bond acceptors (Lipinski definition) is 4. The molecule has 3 N–H and O–H groups in total. The molecule has 1 atom stereocenters. The molecule has 0 heterocycles. The lowest BCUT2D eigenvalue weighted by Gasteiger charge is -2.17. The van der Waals surface area contributed by atoms with E-state index in [4.69, 9.17) is 5.73 Å². The molecule has 0 amide bonds. The quantitative estimate of drug-likeness (QED) is 0.834. The van der Waals surface area contributed by atoms with Gasteiger partial charge >= 0.3 is 0 Å². The van der Waals surface area contributed by atoms with Gasteiger partial charge in [-0.2, -0.15) is 0 Å². The maximum Gasteiger partial charge on any atom is 0.121 e. The highest BCUT2D eigenvalue weighted by Crippen LogP contribution is 2.31. The largest absolute Gasteiger partial charge is 0.507 e. The molecule has 0 aliphatic carbocycles. The molecule has 0 bridgehead atoms. The van der Waals surface area contributed by atoms with E-state index in [0.29, 0.717) is 11.4 Å². The van der Waals surface area contributed by atoms with Gasteiger partial charge in [-0.25, -0.2) is 0 Å². The van der Waals surface area contributed by atoms with Crippen LogP contribution in [0.2, 0.25) is 0 Å². The summed E-state index contributed by atoms with van der Waals surface area (Å²) in [6.45, 7) is 7.42. The van der Waals surface area contributed by atoms with E-state index >= 15 is 0 Å². The van der Waals surface area contributed by atoms with Gasteiger partial charge in [-0.05, 0) is 66.3 Å². The highest BCUT2D eigenvalue weighted by molar-refractivity contribution is 5.55. The van der Waals surface area contributed by atoms with Crippen LogP contribution in [0.3, 0.4) is 0 Å². The maximum absolute atomic E-state index is 10.8. The van der Waals surface area contributed by atoms with Crippen LogP contribution in [0, 0.1) is 32.6 Å². The Morgan fingerprint density at radius 2 is 1.29 bits per heavy atom. The average Bonchev–Trinajstić information content (AvgIpc) is 2.43. The van der Waals surface area contributed by atoms with Gasteiger partial charge in [0.1, 0.15) is 11.4 Å². The Bertz CT molecular complexity index is 662. The summed E-state index contributed by atoms with van der Waals surface area (Å²) in [7, 11) is 0. The normalized spacial score (nSPS) is 12.2. The number of nitrogens with two attached hydrogens (primary N) is 1. The Labute approximate surface area is 124 Å². The van der Waals surface area contributed by atoms with Gasteiger partial charge in [-0.3, -0.25) is 0 Å². The molecule has 2 rings (SSSR count). The Morgan fingerprint density at radius 1 is 0.905 bits per heavy atom. The minimum absolute atomic E-state index is 0.304. The van der Waals surface area contributed by atoms with Gasteiger partial charge in [0.2, 0.25) is 0 Å². The average molecular weight is 284 g/mol. The second-order valence-electron chi connectivity index (χ2n) is 5.58. The summed E-state index contributed by atoms with van der Waals surface area (Å²) in [5.74, 6) is 0.304. The van der Waals surface area contributed by atoms with E-state index in [-0.39, 0.29) is 6.04 Å². The molecule has 0 saturated carbocycles. The molecule has 0 fully saturated rings. The molecule has 21 heavy (non-hydrogen) atoms. The van der Waals surface area contributed by atoms with Crippen molar-refractivity contribution in [1.82, 2.24) is 0 Å². The Kier molecular flexibility index (Phi) is 4.09. The number of hydrogen-bond donors (Lipinski definition) is 2. The van der Waals surface area contributed by atoms with Gasteiger partial charge in [-0.15, -0.1) is 4.91 Å². The second kappa shape index (κ2) is 5.66. The fraction of sp³-hybridized carbons (Fsp3) is 0.294. The molecular weight excluding hydrogens is 264 g/mol. The summed E-state index contributed by atoms with van der Waals surface area (Å²) < 4.78 is 0. The van der Waals surface area contributed by atoms with Crippen LogP contribution in [0.4, 0.5) is 5.69 Å². The smallest absolute Gasteiger partial charge is 0.121 e. The third-order valence-corrected chi connectivity index (χ3v) is 3.84. The van der Waals surface area contributed by atoms with E-state index in [9.17, 15) is 10.0 Å². The Hall–Kier alpha value is -2.20. The molecule has 4 nitrogen and oxygen atoms in total. The first-order valence-corrected chi connectivity index (χ1v) is 6.85. The minimum atomic E-state index is -0.305. The van der Waals surface area contributed by atoms with Crippen LogP contribution in [-0.4, -0.2) is 5.11 Å². The molecular formula is C17H20N2O2. The van der Waals surface area contributed by atoms with Crippen LogP contribution in [-0.2, 0) is 0 Å². The molecule has 4 heteroatoms. The van der Waals surface area contributed by atoms with Crippen molar-refractivity contribution in [3.8, 4) is 5.75 Å². The van der Waals surface area contributed by atoms with Crippen molar-refractivity contribution in [2.75, 3.05) is 0 Å². The van der Waals surface area contributed by atoms with Crippen LogP contribution in [0.1, 0.15) is 39.4 Å². The highest BCUT2D eigenvalue weighted by Gasteiger charge is 2.15. The molecule has 0 radical (unpaired) electrons. The lowest BCUT2D eigenvalue weighted by atomic mass is 9.93. The molecule has 110 valence electrons. The number of phenolic OH excluding ortho intramolecular Hbond substituents is 1. The highest BCUT2D eigenvalue weighted by atomic mass is 16.3. The van der Waals surface area contributed by atoms with E-state index in [1.807, 2.05) is 52.0 Å². The summed E-state index contributed by atoms with van der Waals surface area (Å²) in [5, 5.41) is 12.9. The maximum atomic E-state index is 10.8. The fourth-order valence-corrected chi connectivity index (χ4v) is 2.67. The summed E-state index contributed by atoms with van der Waals surface area (Å²) in [4.78, 5) is 10.8. The zero-order valence-corrected chi connectivity index (χ0v) is 12.8. The number of benzene rings is 2. The first-order valence-electron chi connectivity index (χ1n) is 6.85. The predicted octanol–water partition coefficient (Wildman–Crippen LogP) is 4.07. The van der Waals surface area contributed by atoms with Crippen LogP contribution in [0.25, 0.3) is 0 Å². The number of phenols is 1. The number of rotatable bonds is 3. The molecule has 0 aromatic heterocycles. The predicted molar refractivity (Wildman–Crippen MR) is 85.0 cm³/mol. The van der Waals surface area contributed by atoms with E-state index in [0.717, 1.165) is 33.4 Å². The summed E-state index contributed by atoms with van der Waals surface area (Å²) in [6, 6.07) is 7.27. The molecule has 0 saturated heterocycles. The lowest BCUT2D eigenvalue weighted by molar-refractivity contribution is 0.466. The lowest BCUT2D eigenvalue weighted by Crippen LogP contribution is -2.13. The number of nitrogens with zero attached hydrogens (tertiary/aromatic N) is 1. The van der Waals surface area contributed by atoms with Crippen molar-refractivity contribution in [3.63, 3.8) is 0 Å². The number of aromatic hydroxyl groups is 1. The van der Waals surface area contributed by atoms with Gasteiger partial charge in [0, 0.05) is 0 Å². The van der Waals surface area contributed by atoms with E-state index in [1.54, 1.807) is 0 Å². The third kappa shape index (κ3) is 2.81. The summed E-state index contributed by atoms with van der Waals surface area (Å²) in [5.41, 5.74) is 11.9. The molecule has 0 aliphatic heterocycles. The standard InChI is InChI=1S/C17H20N2O2/c1-9-5-13(6-10(2)16(9)19-21)15(18)14-7-11(3)17(20)12(4)8-14/h5-8,15,20H,18H2,1-4H3. The van der Waals surface area contributed by atoms with Gasteiger partial charge in [-0.1, -0.05) is 24.3 Å². The van der Waals surface area contributed by atoms with Crippen LogP contribution < -0.4 is 5.73 Å². The summed E-state index contributed by atoms with van der Waals surface area (Å²) >= 11 is 0. The van der Waals surface area contributed by atoms with Crippen molar-refractivity contribution in [2.45, 2.75) is 33.7 Å². The molecule has 2 aromatic carbocycles. The Balaban J connectivity index is 2.50. The zero-order valence-electron chi connectivity index (χ0n) is 12.8. The SMILES string of the molecule is Cc1cc(C(N)c2cc(C)c(N=O)c(C)c2)cc(C)c1O. The minimum Gasteiger partial charge on any atom is -0.507 e. The number of nitroso groups, excluding NO2 is 1. The second-order valence-corrected chi connectivity index (χ2v) is 5.58. The fourth-order valence-electron chi connectivity index (χ4n) is 2.67. The molecule has 0 aliphatic rings. The van der Waals surface area contributed by atoms with Crippen molar-refractivity contribution in [1.29, 1.82) is 0 Å². The van der Waals surface area contributed by atoms with Gasteiger partial charge in [0.05, 0.1) is 6.04 Å². The van der Waals surface area contributed by atoms with E-state index < -0.39 is 0 Å². The van der Waals surface area contributed by atoms with E-state index in [2.05, 4.69) is 5.18 Å². The van der Waals surface area contributed by atoms with Crippen LogP contribution in [0.15, 0.2) is 29.4 Å². The summed E-state index contributed by atoms with van der Waals surface area (Å²) in [6.07, 6.45) is 0.